The molecule has 0 saturated carbocycles. The van der Waals surface area contributed by atoms with Crippen molar-refractivity contribution in [1.29, 1.82) is 0 Å². The zero-order chi connectivity index (χ0) is 23.4. The lowest BCUT2D eigenvalue weighted by atomic mass is 10.2. The SMILES string of the molecule is CC(OC(=O)c1ccc(NC(=O)c2cccs2)cc1)C(=O)N(C)Cc1nc2ccccc2s1. The van der Waals surface area contributed by atoms with Crippen LogP contribution in [0, 0.1) is 0 Å². The molecule has 2 aromatic heterocycles. The van der Waals surface area contributed by atoms with Crippen LogP contribution in [-0.2, 0) is 16.1 Å². The monoisotopic (exact) mass is 479 g/mol. The first-order chi connectivity index (χ1) is 15.9. The van der Waals surface area contributed by atoms with Crippen molar-refractivity contribution in [3.8, 4) is 0 Å². The first-order valence-electron chi connectivity index (χ1n) is 10.2. The summed E-state index contributed by atoms with van der Waals surface area (Å²) in [5.74, 6) is -1.14. The summed E-state index contributed by atoms with van der Waals surface area (Å²) in [6, 6.07) is 17.7. The fourth-order valence-electron chi connectivity index (χ4n) is 3.15. The van der Waals surface area contributed by atoms with E-state index in [1.807, 2.05) is 29.6 Å². The van der Waals surface area contributed by atoms with Crippen LogP contribution in [0.2, 0.25) is 0 Å². The molecule has 0 aliphatic carbocycles. The van der Waals surface area contributed by atoms with Gasteiger partial charge < -0.3 is 15.0 Å². The standard InChI is InChI=1S/C24H21N3O4S2/c1-15(23(29)27(2)14-21-26-18-6-3-4-7-19(18)33-21)31-24(30)16-9-11-17(12-10-16)25-22(28)20-8-5-13-32-20/h3-13,15H,14H2,1-2H3,(H,25,28). The van der Waals surface area contributed by atoms with Crippen molar-refractivity contribution in [2.24, 2.45) is 0 Å². The van der Waals surface area contributed by atoms with Crippen LogP contribution in [-0.4, -0.2) is 40.8 Å². The van der Waals surface area contributed by atoms with E-state index in [0.29, 0.717) is 17.1 Å². The summed E-state index contributed by atoms with van der Waals surface area (Å²) in [6.45, 7) is 1.88. The molecule has 2 aromatic carbocycles. The maximum atomic E-state index is 12.7. The molecule has 7 nitrogen and oxygen atoms in total. The molecule has 1 N–H and O–H groups in total. The molecular weight excluding hydrogens is 458 g/mol. The molecule has 4 aromatic rings. The van der Waals surface area contributed by atoms with E-state index in [-0.39, 0.29) is 17.4 Å². The molecule has 0 radical (unpaired) electrons. The van der Waals surface area contributed by atoms with Crippen LogP contribution in [0.1, 0.15) is 32.0 Å². The average molecular weight is 480 g/mol. The quantitative estimate of drug-likeness (QED) is 0.384. The second-order valence-electron chi connectivity index (χ2n) is 7.33. The van der Waals surface area contributed by atoms with E-state index in [4.69, 9.17) is 4.74 Å². The highest BCUT2D eigenvalue weighted by Gasteiger charge is 2.23. The minimum absolute atomic E-state index is 0.212. The molecule has 168 valence electrons. The number of thiophene rings is 1. The second kappa shape index (κ2) is 9.93. The highest BCUT2D eigenvalue weighted by Crippen LogP contribution is 2.22. The normalized spacial score (nSPS) is 11.7. The summed E-state index contributed by atoms with van der Waals surface area (Å²) in [4.78, 5) is 43.9. The van der Waals surface area contributed by atoms with Crippen molar-refractivity contribution < 1.29 is 19.1 Å². The van der Waals surface area contributed by atoms with E-state index in [1.54, 1.807) is 50.4 Å². The number of esters is 1. The lowest BCUT2D eigenvalue weighted by Crippen LogP contribution is -2.37. The molecule has 33 heavy (non-hydrogen) atoms. The molecule has 0 spiro atoms. The predicted molar refractivity (Wildman–Crippen MR) is 130 cm³/mol. The summed E-state index contributed by atoms with van der Waals surface area (Å²) >= 11 is 2.87. The summed E-state index contributed by atoms with van der Waals surface area (Å²) in [5.41, 5.74) is 1.75. The number of para-hydroxylation sites is 1. The van der Waals surface area contributed by atoms with Gasteiger partial charge in [0.2, 0.25) is 0 Å². The van der Waals surface area contributed by atoms with Gasteiger partial charge in [-0.25, -0.2) is 9.78 Å². The van der Waals surface area contributed by atoms with Gasteiger partial charge in [0, 0.05) is 12.7 Å². The molecule has 1 unspecified atom stereocenters. The number of hydrogen-bond acceptors (Lipinski definition) is 7. The van der Waals surface area contributed by atoms with Crippen molar-refractivity contribution in [2.75, 3.05) is 12.4 Å². The van der Waals surface area contributed by atoms with Gasteiger partial charge in [-0.2, -0.15) is 0 Å². The first kappa shape index (κ1) is 22.6. The molecule has 0 fully saturated rings. The Bertz CT molecular complexity index is 1250. The molecular formula is C24H21N3O4S2. The van der Waals surface area contributed by atoms with Crippen molar-refractivity contribution in [3.05, 3.63) is 81.5 Å². The van der Waals surface area contributed by atoms with E-state index < -0.39 is 12.1 Å². The first-order valence-corrected chi connectivity index (χ1v) is 11.9. The Hall–Kier alpha value is -3.56. The number of anilines is 1. The van der Waals surface area contributed by atoms with Crippen LogP contribution in [0.15, 0.2) is 66.0 Å². The Morgan fingerprint density at radius 3 is 2.52 bits per heavy atom. The minimum Gasteiger partial charge on any atom is -0.449 e. The number of nitrogens with zero attached hydrogens (tertiary/aromatic N) is 2. The highest BCUT2D eigenvalue weighted by molar-refractivity contribution is 7.18. The zero-order valence-corrected chi connectivity index (χ0v) is 19.6. The molecule has 1 atom stereocenters. The lowest BCUT2D eigenvalue weighted by molar-refractivity contribution is -0.139. The van der Waals surface area contributed by atoms with Gasteiger partial charge in [-0.15, -0.1) is 22.7 Å². The van der Waals surface area contributed by atoms with Gasteiger partial charge in [-0.05, 0) is 54.8 Å². The van der Waals surface area contributed by atoms with Crippen LogP contribution < -0.4 is 5.32 Å². The Kier molecular flexibility index (Phi) is 6.81. The van der Waals surface area contributed by atoms with Crippen molar-refractivity contribution in [1.82, 2.24) is 9.88 Å². The van der Waals surface area contributed by atoms with E-state index in [0.717, 1.165) is 15.2 Å². The fourth-order valence-corrected chi connectivity index (χ4v) is 4.79. The number of aromatic nitrogens is 1. The molecule has 0 aliphatic heterocycles. The lowest BCUT2D eigenvalue weighted by Gasteiger charge is -2.20. The number of likely N-dealkylation sites (N-methyl/N-ethyl adjacent to an activating group) is 1. The number of carbonyl (C=O) groups excluding carboxylic acids is 3. The molecule has 2 amide bonds. The third-order valence-electron chi connectivity index (χ3n) is 4.84. The topological polar surface area (TPSA) is 88.6 Å². The van der Waals surface area contributed by atoms with Crippen molar-refractivity contribution in [2.45, 2.75) is 19.6 Å². The number of thiazole rings is 1. The molecule has 4 rings (SSSR count). The summed E-state index contributed by atoms with van der Waals surface area (Å²) in [7, 11) is 1.66. The number of hydrogen-bond donors (Lipinski definition) is 1. The Labute approximate surface area is 198 Å². The Morgan fingerprint density at radius 1 is 1.06 bits per heavy atom. The third kappa shape index (κ3) is 5.44. The molecule has 2 heterocycles. The maximum absolute atomic E-state index is 12.7. The summed E-state index contributed by atoms with van der Waals surface area (Å²) < 4.78 is 6.42. The summed E-state index contributed by atoms with van der Waals surface area (Å²) in [5, 5.41) is 5.41. The zero-order valence-electron chi connectivity index (χ0n) is 18.0. The molecule has 0 aliphatic rings. The van der Waals surface area contributed by atoms with Crippen molar-refractivity contribution in [3.63, 3.8) is 0 Å². The number of amides is 2. The molecule has 0 bridgehead atoms. The minimum atomic E-state index is -0.949. The van der Waals surface area contributed by atoms with Gasteiger partial charge in [0.25, 0.3) is 11.8 Å². The Balaban J connectivity index is 1.32. The van der Waals surface area contributed by atoms with Crippen LogP contribution in [0.5, 0.6) is 0 Å². The average Bonchev–Trinajstić information content (AvgIpc) is 3.48. The second-order valence-corrected chi connectivity index (χ2v) is 9.39. The number of ether oxygens (including phenoxy) is 1. The van der Waals surface area contributed by atoms with Crippen LogP contribution in [0.4, 0.5) is 5.69 Å². The van der Waals surface area contributed by atoms with E-state index >= 15 is 0 Å². The van der Waals surface area contributed by atoms with Gasteiger partial charge in [-0.1, -0.05) is 18.2 Å². The summed E-state index contributed by atoms with van der Waals surface area (Å²) in [6.07, 6.45) is -0.949. The van der Waals surface area contributed by atoms with Gasteiger partial charge in [-0.3, -0.25) is 9.59 Å². The van der Waals surface area contributed by atoms with E-state index in [9.17, 15) is 14.4 Å². The largest absolute Gasteiger partial charge is 0.449 e. The maximum Gasteiger partial charge on any atom is 0.338 e. The molecule has 9 heteroatoms. The van der Waals surface area contributed by atoms with E-state index in [1.165, 1.54) is 27.6 Å². The number of carbonyl (C=O) groups is 3. The van der Waals surface area contributed by atoms with E-state index in [2.05, 4.69) is 10.3 Å². The van der Waals surface area contributed by atoms with Crippen LogP contribution >= 0.6 is 22.7 Å². The third-order valence-corrected chi connectivity index (χ3v) is 6.73. The number of benzene rings is 2. The van der Waals surface area contributed by atoms with Crippen molar-refractivity contribution >= 4 is 56.4 Å². The van der Waals surface area contributed by atoms with Gasteiger partial charge in [0.1, 0.15) is 5.01 Å². The van der Waals surface area contributed by atoms with Crippen LogP contribution in [0.25, 0.3) is 10.2 Å². The number of fused-ring (bicyclic) bond motifs is 1. The van der Waals surface area contributed by atoms with Gasteiger partial charge in [0.05, 0.1) is 27.2 Å². The Morgan fingerprint density at radius 2 is 1.82 bits per heavy atom. The van der Waals surface area contributed by atoms with Gasteiger partial charge in [0.15, 0.2) is 6.10 Å². The fraction of sp³-hybridized carbons (Fsp3) is 0.167. The molecule has 0 saturated heterocycles. The van der Waals surface area contributed by atoms with Crippen LogP contribution in [0.3, 0.4) is 0 Å². The number of nitrogens with one attached hydrogen (secondary N) is 1. The van der Waals surface area contributed by atoms with Gasteiger partial charge >= 0.3 is 5.97 Å². The smallest absolute Gasteiger partial charge is 0.338 e. The number of rotatable bonds is 7. The predicted octanol–water partition coefficient (Wildman–Crippen LogP) is 4.81. The highest BCUT2D eigenvalue weighted by atomic mass is 32.1.